The molecule has 2 heteroatoms. The SMILES string of the molecule is C=C=C(c1ccccc1)C(C)(C)/C=N/N=C/C(C)(C)C(=C=C)c1ccccc1. The molecule has 0 amide bonds. The van der Waals surface area contributed by atoms with E-state index in [2.05, 4.69) is 86.8 Å². The number of nitrogens with zero attached hydrogens (tertiary/aromatic N) is 2. The van der Waals surface area contributed by atoms with E-state index in [9.17, 15) is 0 Å². The number of benzene rings is 2. The van der Waals surface area contributed by atoms with Gasteiger partial charge in [-0.15, -0.1) is 11.5 Å². The van der Waals surface area contributed by atoms with Crippen molar-refractivity contribution >= 4 is 23.6 Å². The molecule has 0 radical (unpaired) electrons. The fourth-order valence-electron chi connectivity index (χ4n) is 3.10. The molecule has 2 aromatic carbocycles. The summed E-state index contributed by atoms with van der Waals surface area (Å²) < 4.78 is 0. The van der Waals surface area contributed by atoms with Crippen LogP contribution >= 0.6 is 0 Å². The third-order valence-corrected chi connectivity index (χ3v) is 4.59. The van der Waals surface area contributed by atoms with Gasteiger partial charge in [0.1, 0.15) is 0 Å². The summed E-state index contributed by atoms with van der Waals surface area (Å²) in [4.78, 5) is 0. The first-order valence-electron chi connectivity index (χ1n) is 9.32. The van der Waals surface area contributed by atoms with Gasteiger partial charge in [0, 0.05) is 34.4 Å². The van der Waals surface area contributed by atoms with Crippen LogP contribution in [0.3, 0.4) is 0 Å². The molecule has 0 atom stereocenters. The minimum Gasteiger partial charge on any atom is -0.163 e. The number of hydrogen-bond acceptors (Lipinski definition) is 2. The molecule has 0 aliphatic carbocycles. The topological polar surface area (TPSA) is 24.7 Å². The highest BCUT2D eigenvalue weighted by Crippen LogP contribution is 2.33. The predicted octanol–water partition coefficient (Wildman–Crippen LogP) is 6.83. The van der Waals surface area contributed by atoms with E-state index in [4.69, 9.17) is 0 Å². The number of rotatable bonds is 7. The molecule has 0 saturated carbocycles. The van der Waals surface area contributed by atoms with Crippen molar-refractivity contribution in [3.05, 3.63) is 96.4 Å². The van der Waals surface area contributed by atoms with Gasteiger partial charge in [-0.1, -0.05) is 102 Å². The van der Waals surface area contributed by atoms with E-state index < -0.39 is 0 Å². The van der Waals surface area contributed by atoms with Crippen molar-refractivity contribution < 1.29 is 0 Å². The van der Waals surface area contributed by atoms with Gasteiger partial charge in [0.05, 0.1) is 0 Å². The van der Waals surface area contributed by atoms with Crippen molar-refractivity contribution in [1.29, 1.82) is 0 Å². The molecule has 2 aromatic rings. The Labute approximate surface area is 169 Å². The van der Waals surface area contributed by atoms with Gasteiger partial charge in [0.25, 0.3) is 0 Å². The highest BCUT2D eigenvalue weighted by molar-refractivity contribution is 5.88. The average molecular weight is 369 g/mol. The highest BCUT2D eigenvalue weighted by Gasteiger charge is 2.24. The molecule has 0 aromatic heterocycles. The van der Waals surface area contributed by atoms with Crippen LogP contribution in [0.15, 0.2) is 95.5 Å². The molecule has 0 aliphatic rings. The smallest absolute Gasteiger partial charge is 0.0376 e. The van der Waals surface area contributed by atoms with Crippen LogP contribution < -0.4 is 0 Å². The maximum atomic E-state index is 4.33. The monoisotopic (exact) mass is 368 g/mol. The molecular weight excluding hydrogens is 340 g/mol. The Hall–Kier alpha value is -3.18. The molecule has 28 heavy (non-hydrogen) atoms. The second-order valence-electron chi connectivity index (χ2n) is 7.77. The van der Waals surface area contributed by atoms with E-state index in [-0.39, 0.29) is 10.8 Å². The lowest BCUT2D eigenvalue weighted by Crippen LogP contribution is -2.16. The maximum Gasteiger partial charge on any atom is 0.0376 e. The van der Waals surface area contributed by atoms with Gasteiger partial charge in [0.2, 0.25) is 0 Å². The molecule has 0 saturated heterocycles. The summed E-state index contributed by atoms with van der Waals surface area (Å²) in [5, 5.41) is 8.65. The van der Waals surface area contributed by atoms with Crippen molar-refractivity contribution in [3.8, 4) is 0 Å². The molecule has 0 unspecified atom stereocenters. The van der Waals surface area contributed by atoms with E-state index in [1.807, 2.05) is 48.8 Å². The fraction of sp³-hybridized carbons (Fsp3) is 0.231. The summed E-state index contributed by atoms with van der Waals surface area (Å²) >= 11 is 0. The molecule has 0 aliphatic heterocycles. The van der Waals surface area contributed by atoms with Crippen LogP contribution in [0.2, 0.25) is 0 Å². The first kappa shape index (κ1) is 21.1. The minimum atomic E-state index is -0.346. The third kappa shape index (κ3) is 5.18. The quantitative estimate of drug-likeness (QED) is 0.291. The Bertz CT molecular complexity index is 867. The molecular formula is C26H28N2. The Morgan fingerprint density at radius 1 is 0.679 bits per heavy atom. The second kappa shape index (κ2) is 9.15. The van der Waals surface area contributed by atoms with Crippen molar-refractivity contribution in [2.45, 2.75) is 27.7 Å². The largest absolute Gasteiger partial charge is 0.163 e. The first-order chi connectivity index (χ1) is 13.3. The Kier molecular flexibility index (Phi) is 6.90. The molecule has 0 spiro atoms. The van der Waals surface area contributed by atoms with Crippen LogP contribution in [-0.4, -0.2) is 12.4 Å². The summed E-state index contributed by atoms with van der Waals surface area (Å²) in [5.41, 5.74) is 9.58. The van der Waals surface area contributed by atoms with Crippen LogP contribution in [-0.2, 0) is 0 Å². The molecule has 0 N–H and O–H groups in total. The molecule has 2 rings (SSSR count). The van der Waals surface area contributed by atoms with Crippen molar-refractivity contribution in [1.82, 2.24) is 0 Å². The second-order valence-corrected chi connectivity index (χ2v) is 7.77. The Morgan fingerprint density at radius 3 is 1.29 bits per heavy atom. The van der Waals surface area contributed by atoms with Gasteiger partial charge >= 0.3 is 0 Å². The van der Waals surface area contributed by atoms with Crippen molar-refractivity contribution in [2.75, 3.05) is 0 Å². The van der Waals surface area contributed by atoms with E-state index in [1.165, 1.54) is 0 Å². The Morgan fingerprint density at radius 2 is 1.00 bits per heavy atom. The molecule has 2 nitrogen and oxygen atoms in total. The van der Waals surface area contributed by atoms with Crippen molar-refractivity contribution in [2.24, 2.45) is 21.0 Å². The third-order valence-electron chi connectivity index (χ3n) is 4.59. The molecule has 0 bridgehead atoms. The lowest BCUT2D eigenvalue weighted by Gasteiger charge is -2.22. The lowest BCUT2D eigenvalue weighted by molar-refractivity contribution is 0.707. The van der Waals surface area contributed by atoms with E-state index in [0.717, 1.165) is 22.3 Å². The van der Waals surface area contributed by atoms with Gasteiger partial charge < -0.3 is 0 Å². The minimum absolute atomic E-state index is 0.346. The zero-order chi connectivity index (χ0) is 20.6. The van der Waals surface area contributed by atoms with Crippen molar-refractivity contribution in [3.63, 3.8) is 0 Å². The maximum absolute atomic E-state index is 4.33. The summed E-state index contributed by atoms with van der Waals surface area (Å²) in [6.07, 6.45) is 3.67. The van der Waals surface area contributed by atoms with Gasteiger partial charge in [-0.3, -0.25) is 0 Å². The highest BCUT2D eigenvalue weighted by atomic mass is 15.2. The van der Waals surface area contributed by atoms with E-state index >= 15 is 0 Å². The number of hydrogen-bond donors (Lipinski definition) is 0. The lowest BCUT2D eigenvalue weighted by atomic mass is 9.81. The summed E-state index contributed by atoms with van der Waals surface area (Å²) in [6.45, 7) is 16.0. The van der Waals surface area contributed by atoms with Gasteiger partial charge in [-0.25, -0.2) is 0 Å². The van der Waals surface area contributed by atoms with Crippen LogP contribution in [0.1, 0.15) is 38.8 Å². The fourth-order valence-corrected chi connectivity index (χ4v) is 3.10. The summed E-state index contributed by atoms with van der Waals surface area (Å²) in [7, 11) is 0. The van der Waals surface area contributed by atoms with Crippen LogP contribution in [0.25, 0.3) is 11.1 Å². The first-order valence-corrected chi connectivity index (χ1v) is 9.32. The molecule has 0 fully saturated rings. The van der Waals surface area contributed by atoms with E-state index in [1.54, 1.807) is 0 Å². The zero-order valence-corrected chi connectivity index (χ0v) is 17.2. The summed E-state index contributed by atoms with van der Waals surface area (Å²) in [5.74, 6) is 0. The van der Waals surface area contributed by atoms with Gasteiger partial charge in [-0.2, -0.15) is 10.2 Å². The Balaban J connectivity index is 2.21. The van der Waals surface area contributed by atoms with Crippen LogP contribution in [0.4, 0.5) is 0 Å². The standard InChI is InChI=1S/C26H28N2/c1-7-23(21-15-11-9-12-16-21)25(3,4)19-27-28-20-26(5,6)24(8-2)22-17-13-10-14-18-22/h9-20H,1-2H2,3-6H3/b27-19+,28-20+. The zero-order valence-electron chi connectivity index (χ0n) is 17.2. The molecule has 0 heterocycles. The van der Waals surface area contributed by atoms with E-state index in [0.29, 0.717) is 0 Å². The van der Waals surface area contributed by atoms with Gasteiger partial charge in [0.15, 0.2) is 0 Å². The average Bonchev–Trinajstić information content (AvgIpc) is 2.68. The summed E-state index contributed by atoms with van der Waals surface area (Å²) in [6, 6.07) is 20.2. The van der Waals surface area contributed by atoms with Crippen LogP contribution in [0, 0.1) is 10.8 Å². The normalized spacial score (nSPS) is 12.0. The van der Waals surface area contributed by atoms with Gasteiger partial charge in [-0.05, 0) is 11.1 Å². The molecule has 142 valence electrons. The number of allylic oxidation sites excluding steroid dienone is 2. The van der Waals surface area contributed by atoms with Crippen LogP contribution in [0.5, 0.6) is 0 Å². The predicted molar refractivity (Wildman–Crippen MR) is 123 cm³/mol.